The van der Waals surface area contributed by atoms with E-state index in [1.807, 2.05) is 30.3 Å². The standard InChI is InChI=1S/C18H22N2O4/c1-22-17-9-4-3-7-14(17)15-11-13(24-19-15)12-20-10-6-5-8-16(20)18(21)23-2/h3-4,7,9,11,16H,5-6,8,10,12H2,1-2H3. The van der Waals surface area contributed by atoms with Gasteiger partial charge >= 0.3 is 5.97 Å². The van der Waals surface area contributed by atoms with Gasteiger partial charge in [-0.25, -0.2) is 0 Å². The second kappa shape index (κ2) is 7.49. The zero-order valence-electron chi connectivity index (χ0n) is 14.0. The van der Waals surface area contributed by atoms with E-state index in [9.17, 15) is 4.79 Å². The molecule has 6 nitrogen and oxygen atoms in total. The van der Waals surface area contributed by atoms with Crippen LogP contribution in [0.3, 0.4) is 0 Å². The first-order chi connectivity index (χ1) is 11.7. The number of methoxy groups -OCH3 is 2. The Morgan fingerprint density at radius 3 is 2.96 bits per heavy atom. The van der Waals surface area contributed by atoms with E-state index in [0.29, 0.717) is 6.54 Å². The molecule has 0 spiro atoms. The van der Waals surface area contributed by atoms with Gasteiger partial charge in [0.2, 0.25) is 0 Å². The highest BCUT2D eigenvalue weighted by Crippen LogP contribution is 2.30. The first-order valence-corrected chi connectivity index (χ1v) is 8.14. The highest BCUT2D eigenvalue weighted by atomic mass is 16.5. The molecule has 1 aliphatic heterocycles. The third-order valence-electron chi connectivity index (χ3n) is 4.39. The SMILES string of the molecule is COC(=O)C1CCCCN1Cc1cc(-c2ccccc2OC)no1. The summed E-state index contributed by atoms with van der Waals surface area (Å²) < 4.78 is 15.8. The van der Waals surface area contributed by atoms with Gasteiger partial charge in [0, 0.05) is 11.6 Å². The summed E-state index contributed by atoms with van der Waals surface area (Å²) in [6.45, 7) is 1.40. The highest BCUT2D eigenvalue weighted by molar-refractivity contribution is 5.75. The van der Waals surface area contributed by atoms with E-state index < -0.39 is 0 Å². The van der Waals surface area contributed by atoms with Gasteiger partial charge in [-0.2, -0.15) is 0 Å². The zero-order chi connectivity index (χ0) is 16.9. The number of hydrogen-bond donors (Lipinski definition) is 0. The molecule has 0 radical (unpaired) electrons. The number of hydrogen-bond acceptors (Lipinski definition) is 6. The van der Waals surface area contributed by atoms with Crippen molar-refractivity contribution in [2.45, 2.75) is 31.8 Å². The van der Waals surface area contributed by atoms with Crippen molar-refractivity contribution in [3.05, 3.63) is 36.1 Å². The number of ether oxygens (including phenoxy) is 2. The summed E-state index contributed by atoms with van der Waals surface area (Å²) in [5.41, 5.74) is 1.62. The zero-order valence-corrected chi connectivity index (χ0v) is 14.0. The summed E-state index contributed by atoms with van der Waals surface area (Å²) in [7, 11) is 3.07. The minimum absolute atomic E-state index is 0.181. The molecule has 24 heavy (non-hydrogen) atoms. The molecule has 1 aromatic heterocycles. The quantitative estimate of drug-likeness (QED) is 0.786. The van der Waals surface area contributed by atoms with E-state index in [4.69, 9.17) is 14.0 Å². The van der Waals surface area contributed by atoms with Crippen LogP contribution in [-0.2, 0) is 16.1 Å². The fraction of sp³-hybridized carbons (Fsp3) is 0.444. The molecule has 6 heteroatoms. The van der Waals surface area contributed by atoms with E-state index in [1.165, 1.54) is 7.11 Å². The van der Waals surface area contributed by atoms with Crippen LogP contribution in [0.1, 0.15) is 25.0 Å². The average Bonchev–Trinajstić information content (AvgIpc) is 3.09. The van der Waals surface area contributed by atoms with Crippen molar-refractivity contribution in [1.29, 1.82) is 0 Å². The van der Waals surface area contributed by atoms with Crippen molar-refractivity contribution in [3.8, 4) is 17.0 Å². The Labute approximate surface area is 141 Å². The lowest BCUT2D eigenvalue weighted by Gasteiger charge is -2.32. The fourth-order valence-corrected chi connectivity index (χ4v) is 3.15. The van der Waals surface area contributed by atoms with Gasteiger partial charge in [0.15, 0.2) is 5.76 Å². The Morgan fingerprint density at radius 1 is 1.33 bits per heavy atom. The lowest BCUT2D eigenvalue weighted by Crippen LogP contribution is -2.44. The predicted molar refractivity (Wildman–Crippen MR) is 88.6 cm³/mol. The van der Waals surface area contributed by atoms with Gasteiger partial charge in [-0.05, 0) is 31.5 Å². The number of piperidine rings is 1. The van der Waals surface area contributed by atoms with Crippen molar-refractivity contribution in [1.82, 2.24) is 10.1 Å². The van der Waals surface area contributed by atoms with Crippen LogP contribution in [0.5, 0.6) is 5.75 Å². The summed E-state index contributed by atoms with van der Waals surface area (Å²) in [5, 5.41) is 4.15. The van der Waals surface area contributed by atoms with Gasteiger partial charge in [0.25, 0.3) is 0 Å². The molecule has 3 rings (SSSR count). The molecular weight excluding hydrogens is 308 g/mol. The smallest absolute Gasteiger partial charge is 0.323 e. The second-order valence-electron chi connectivity index (χ2n) is 5.88. The molecule has 0 saturated carbocycles. The average molecular weight is 330 g/mol. The Bertz CT molecular complexity index is 698. The lowest BCUT2D eigenvalue weighted by molar-refractivity contribution is -0.148. The molecule has 0 amide bonds. The van der Waals surface area contributed by atoms with Crippen LogP contribution in [0.25, 0.3) is 11.3 Å². The number of para-hydroxylation sites is 1. The van der Waals surface area contributed by atoms with Crippen molar-refractivity contribution < 1.29 is 18.8 Å². The number of benzene rings is 1. The first-order valence-electron chi connectivity index (χ1n) is 8.14. The van der Waals surface area contributed by atoms with E-state index in [-0.39, 0.29) is 12.0 Å². The number of nitrogens with zero attached hydrogens (tertiary/aromatic N) is 2. The van der Waals surface area contributed by atoms with Crippen LogP contribution in [0.15, 0.2) is 34.9 Å². The van der Waals surface area contributed by atoms with Crippen LogP contribution in [0.4, 0.5) is 0 Å². The molecule has 1 aliphatic rings. The molecular formula is C18H22N2O4. The number of esters is 1. The molecule has 2 heterocycles. The largest absolute Gasteiger partial charge is 0.496 e. The maximum absolute atomic E-state index is 12.0. The van der Waals surface area contributed by atoms with Gasteiger partial charge in [-0.1, -0.05) is 23.7 Å². The second-order valence-corrected chi connectivity index (χ2v) is 5.88. The minimum atomic E-state index is -0.205. The molecule has 0 N–H and O–H groups in total. The minimum Gasteiger partial charge on any atom is -0.496 e. The number of carbonyl (C=O) groups is 1. The molecule has 1 unspecified atom stereocenters. The predicted octanol–water partition coefficient (Wildman–Crippen LogP) is 2.88. The van der Waals surface area contributed by atoms with Crippen LogP contribution in [0, 0.1) is 0 Å². The molecule has 1 atom stereocenters. The summed E-state index contributed by atoms with van der Waals surface area (Å²) in [6.07, 6.45) is 2.93. The number of carbonyl (C=O) groups excluding carboxylic acids is 1. The van der Waals surface area contributed by atoms with Crippen molar-refractivity contribution in [2.24, 2.45) is 0 Å². The first kappa shape index (κ1) is 16.5. The monoisotopic (exact) mass is 330 g/mol. The molecule has 1 fully saturated rings. The maximum Gasteiger partial charge on any atom is 0.323 e. The van der Waals surface area contributed by atoms with Crippen LogP contribution in [-0.4, -0.2) is 42.8 Å². The van der Waals surface area contributed by atoms with E-state index in [0.717, 1.165) is 48.6 Å². The Hall–Kier alpha value is -2.34. The Morgan fingerprint density at radius 2 is 2.17 bits per heavy atom. The van der Waals surface area contributed by atoms with Crippen molar-refractivity contribution in [3.63, 3.8) is 0 Å². The van der Waals surface area contributed by atoms with Gasteiger partial charge < -0.3 is 14.0 Å². The van der Waals surface area contributed by atoms with Crippen molar-refractivity contribution in [2.75, 3.05) is 20.8 Å². The summed E-state index contributed by atoms with van der Waals surface area (Å²) in [6, 6.07) is 9.38. The third-order valence-corrected chi connectivity index (χ3v) is 4.39. The molecule has 0 bridgehead atoms. The Kier molecular flexibility index (Phi) is 5.15. The van der Waals surface area contributed by atoms with Crippen LogP contribution < -0.4 is 4.74 Å². The summed E-state index contributed by atoms with van der Waals surface area (Å²) in [4.78, 5) is 14.1. The van der Waals surface area contributed by atoms with Crippen LogP contribution >= 0.6 is 0 Å². The molecule has 1 saturated heterocycles. The normalized spacial score (nSPS) is 18.3. The molecule has 128 valence electrons. The fourth-order valence-electron chi connectivity index (χ4n) is 3.15. The maximum atomic E-state index is 12.0. The van der Waals surface area contributed by atoms with Gasteiger partial charge in [0.05, 0.1) is 20.8 Å². The number of aromatic nitrogens is 1. The molecule has 2 aromatic rings. The summed E-state index contributed by atoms with van der Waals surface area (Å²) >= 11 is 0. The van der Waals surface area contributed by atoms with Gasteiger partial charge in [0.1, 0.15) is 17.5 Å². The van der Waals surface area contributed by atoms with E-state index in [1.54, 1.807) is 7.11 Å². The van der Waals surface area contributed by atoms with Crippen molar-refractivity contribution >= 4 is 5.97 Å². The molecule has 0 aliphatic carbocycles. The molecule has 1 aromatic carbocycles. The lowest BCUT2D eigenvalue weighted by atomic mass is 10.0. The Balaban J connectivity index is 1.77. The number of likely N-dealkylation sites (tertiary alicyclic amines) is 1. The third kappa shape index (κ3) is 3.43. The highest BCUT2D eigenvalue weighted by Gasteiger charge is 2.30. The number of rotatable bonds is 5. The van der Waals surface area contributed by atoms with E-state index >= 15 is 0 Å². The van der Waals surface area contributed by atoms with Gasteiger partial charge in [-0.15, -0.1) is 0 Å². The van der Waals surface area contributed by atoms with Crippen LogP contribution in [0.2, 0.25) is 0 Å². The summed E-state index contributed by atoms with van der Waals surface area (Å²) in [5.74, 6) is 1.30. The van der Waals surface area contributed by atoms with E-state index in [2.05, 4.69) is 10.1 Å². The topological polar surface area (TPSA) is 64.8 Å². The van der Waals surface area contributed by atoms with Gasteiger partial charge in [-0.3, -0.25) is 9.69 Å².